The molecule has 2 aromatic rings. The molecule has 0 heterocycles. The van der Waals surface area contributed by atoms with Crippen molar-refractivity contribution in [2.24, 2.45) is 0 Å². The molecular formula is C20H24BrN3O4S. The number of benzene rings is 2. The van der Waals surface area contributed by atoms with Gasteiger partial charge in [-0.2, -0.15) is 0 Å². The van der Waals surface area contributed by atoms with Gasteiger partial charge in [0, 0.05) is 10.5 Å². The molecule has 2 rings (SSSR count). The number of carbonyl (C=O) groups excluding carboxylic acids is 2. The molecule has 156 valence electrons. The summed E-state index contributed by atoms with van der Waals surface area (Å²) >= 11 is 3.32. The molecule has 0 aromatic heterocycles. The number of nitrogens with one attached hydrogen (secondary N) is 2. The molecule has 29 heavy (non-hydrogen) atoms. The van der Waals surface area contributed by atoms with Gasteiger partial charge >= 0.3 is 0 Å². The molecular weight excluding hydrogens is 458 g/mol. The van der Waals surface area contributed by atoms with E-state index in [0.29, 0.717) is 21.4 Å². The lowest BCUT2D eigenvalue weighted by molar-refractivity contribution is -0.114. The third-order valence-corrected chi connectivity index (χ3v) is 6.04. The van der Waals surface area contributed by atoms with E-state index in [1.807, 2.05) is 13.8 Å². The highest BCUT2D eigenvalue weighted by Gasteiger charge is 2.23. The number of rotatable bonds is 8. The molecule has 0 aliphatic heterocycles. The zero-order valence-corrected chi connectivity index (χ0v) is 18.9. The Labute approximate surface area is 179 Å². The highest BCUT2D eigenvalue weighted by Crippen LogP contribution is 2.27. The van der Waals surface area contributed by atoms with Crippen LogP contribution in [0.5, 0.6) is 0 Å². The van der Waals surface area contributed by atoms with Crippen molar-refractivity contribution in [2.75, 3.05) is 22.4 Å². The average molecular weight is 482 g/mol. The van der Waals surface area contributed by atoms with E-state index in [2.05, 4.69) is 26.6 Å². The van der Waals surface area contributed by atoms with E-state index in [9.17, 15) is 18.0 Å². The van der Waals surface area contributed by atoms with Gasteiger partial charge in [-0.3, -0.25) is 13.9 Å². The molecule has 0 spiro atoms. The third-order valence-electron chi connectivity index (χ3n) is 4.24. The van der Waals surface area contributed by atoms with E-state index in [4.69, 9.17) is 0 Å². The van der Waals surface area contributed by atoms with Crippen LogP contribution in [0.25, 0.3) is 0 Å². The predicted octanol–water partition coefficient (Wildman–Crippen LogP) is 3.38. The third kappa shape index (κ3) is 6.30. The van der Waals surface area contributed by atoms with Crippen molar-refractivity contribution in [2.45, 2.75) is 26.3 Å². The van der Waals surface area contributed by atoms with Crippen LogP contribution in [0.1, 0.15) is 30.6 Å². The zero-order chi connectivity index (χ0) is 21.6. The fourth-order valence-electron chi connectivity index (χ4n) is 2.55. The maximum Gasteiger partial charge on any atom is 0.253 e. The van der Waals surface area contributed by atoms with Gasteiger partial charge in [0.15, 0.2) is 0 Å². The fourth-order valence-corrected chi connectivity index (χ4v) is 4.03. The summed E-state index contributed by atoms with van der Waals surface area (Å²) in [4.78, 5) is 25.1. The number of nitrogens with zero attached hydrogens (tertiary/aromatic N) is 1. The Morgan fingerprint density at radius 1 is 1.10 bits per heavy atom. The average Bonchev–Trinajstić information content (AvgIpc) is 2.66. The zero-order valence-electron chi connectivity index (χ0n) is 16.5. The summed E-state index contributed by atoms with van der Waals surface area (Å²) in [6, 6.07) is 13.3. The van der Waals surface area contributed by atoms with Crippen LogP contribution in [0, 0.1) is 0 Å². The first-order valence-electron chi connectivity index (χ1n) is 9.05. The summed E-state index contributed by atoms with van der Waals surface area (Å²) in [6.45, 7) is 3.42. The smallest absolute Gasteiger partial charge is 0.253 e. The second-order valence-corrected chi connectivity index (χ2v) is 9.36. The van der Waals surface area contributed by atoms with Gasteiger partial charge in [0.1, 0.15) is 6.54 Å². The molecule has 9 heteroatoms. The Morgan fingerprint density at radius 3 is 2.34 bits per heavy atom. The number of hydrogen-bond donors (Lipinski definition) is 2. The van der Waals surface area contributed by atoms with Crippen LogP contribution in [-0.4, -0.2) is 39.1 Å². The minimum absolute atomic E-state index is 0.0117. The quantitative estimate of drug-likeness (QED) is 0.603. The van der Waals surface area contributed by atoms with E-state index < -0.39 is 22.5 Å². The largest absolute Gasteiger partial charge is 0.350 e. The summed E-state index contributed by atoms with van der Waals surface area (Å²) in [5.74, 6) is -0.865. The van der Waals surface area contributed by atoms with Crippen molar-refractivity contribution in [3.8, 4) is 0 Å². The highest BCUT2D eigenvalue weighted by molar-refractivity contribution is 9.10. The number of halogens is 1. The van der Waals surface area contributed by atoms with Crippen LogP contribution in [0.4, 0.5) is 11.4 Å². The molecule has 0 unspecified atom stereocenters. The number of carbonyl (C=O) groups is 2. The number of hydrogen-bond acceptors (Lipinski definition) is 4. The van der Waals surface area contributed by atoms with Crippen LogP contribution in [0.15, 0.2) is 53.0 Å². The second kappa shape index (κ2) is 9.89. The normalized spacial score (nSPS) is 12.1. The number of para-hydroxylation sites is 2. The summed E-state index contributed by atoms with van der Waals surface area (Å²) < 4.78 is 26.1. The number of amides is 2. The molecule has 2 N–H and O–H groups in total. The Bertz CT molecular complexity index is 995. The van der Waals surface area contributed by atoms with E-state index in [-0.39, 0.29) is 11.9 Å². The monoisotopic (exact) mass is 481 g/mol. The molecule has 1 atom stereocenters. The SMILES string of the molecule is CC[C@H](C)NC(=O)c1ccccc1NC(=O)CN(c1ccccc1Br)S(C)(=O)=O. The van der Waals surface area contributed by atoms with Gasteiger partial charge < -0.3 is 10.6 Å². The molecule has 7 nitrogen and oxygen atoms in total. The lowest BCUT2D eigenvalue weighted by atomic mass is 10.1. The minimum Gasteiger partial charge on any atom is -0.350 e. The van der Waals surface area contributed by atoms with Gasteiger partial charge in [-0.1, -0.05) is 31.2 Å². The molecule has 0 bridgehead atoms. The predicted molar refractivity (Wildman–Crippen MR) is 119 cm³/mol. The van der Waals surface area contributed by atoms with Crippen LogP contribution in [0.2, 0.25) is 0 Å². The van der Waals surface area contributed by atoms with Crippen molar-refractivity contribution in [3.63, 3.8) is 0 Å². The first kappa shape index (κ1) is 22.9. The maximum absolute atomic E-state index is 12.6. The minimum atomic E-state index is -3.71. The Balaban J connectivity index is 2.24. The van der Waals surface area contributed by atoms with E-state index >= 15 is 0 Å². The molecule has 0 fully saturated rings. The molecule has 0 aliphatic rings. The second-order valence-electron chi connectivity index (χ2n) is 6.60. The topological polar surface area (TPSA) is 95.6 Å². The Morgan fingerprint density at radius 2 is 1.72 bits per heavy atom. The molecule has 2 amide bonds. The van der Waals surface area contributed by atoms with Gasteiger partial charge in [-0.25, -0.2) is 8.42 Å². The van der Waals surface area contributed by atoms with Crippen molar-refractivity contribution in [1.29, 1.82) is 0 Å². The van der Waals surface area contributed by atoms with Crippen LogP contribution >= 0.6 is 15.9 Å². The summed E-state index contributed by atoms with van der Waals surface area (Å²) in [5, 5.41) is 5.51. The summed E-state index contributed by atoms with van der Waals surface area (Å²) in [5.41, 5.74) is 0.986. The summed E-state index contributed by atoms with van der Waals surface area (Å²) in [6.07, 6.45) is 1.81. The van der Waals surface area contributed by atoms with Gasteiger partial charge in [-0.05, 0) is 53.5 Å². The van der Waals surface area contributed by atoms with Crippen molar-refractivity contribution in [1.82, 2.24) is 5.32 Å². The molecule has 2 aromatic carbocycles. The van der Waals surface area contributed by atoms with Gasteiger partial charge in [0.2, 0.25) is 15.9 Å². The van der Waals surface area contributed by atoms with Gasteiger partial charge in [0.25, 0.3) is 5.91 Å². The van der Waals surface area contributed by atoms with E-state index in [0.717, 1.165) is 17.0 Å². The van der Waals surface area contributed by atoms with Gasteiger partial charge in [0.05, 0.1) is 23.2 Å². The van der Waals surface area contributed by atoms with E-state index in [1.54, 1.807) is 48.5 Å². The standard InChI is InChI=1S/C20H24BrN3O4S/c1-4-14(2)22-20(26)15-9-5-7-11-17(15)23-19(25)13-24(29(3,27)28)18-12-8-6-10-16(18)21/h5-12,14H,4,13H2,1-3H3,(H,22,26)(H,23,25)/t14-/m0/s1. The highest BCUT2D eigenvalue weighted by atomic mass is 79.9. The molecule has 0 radical (unpaired) electrons. The lowest BCUT2D eigenvalue weighted by Gasteiger charge is -2.23. The summed E-state index contributed by atoms with van der Waals surface area (Å²) in [7, 11) is -3.71. The van der Waals surface area contributed by atoms with E-state index in [1.165, 1.54) is 0 Å². The van der Waals surface area contributed by atoms with Gasteiger partial charge in [-0.15, -0.1) is 0 Å². The fraction of sp³-hybridized carbons (Fsp3) is 0.300. The van der Waals surface area contributed by atoms with Crippen molar-refractivity contribution >= 4 is 49.1 Å². The van der Waals surface area contributed by atoms with Crippen molar-refractivity contribution in [3.05, 3.63) is 58.6 Å². The number of sulfonamides is 1. The Hall–Kier alpha value is -2.39. The Kier molecular flexibility index (Phi) is 7.80. The van der Waals surface area contributed by atoms with Crippen LogP contribution < -0.4 is 14.9 Å². The molecule has 0 aliphatic carbocycles. The van der Waals surface area contributed by atoms with Crippen LogP contribution in [-0.2, 0) is 14.8 Å². The lowest BCUT2D eigenvalue weighted by Crippen LogP contribution is -2.38. The maximum atomic E-state index is 12.6. The molecule has 0 saturated heterocycles. The number of anilines is 2. The molecule has 0 saturated carbocycles. The first-order chi connectivity index (χ1) is 13.6. The van der Waals surface area contributed by atoms with Crippen molar-refractivity contribution < 1.29 is 18.0 Å². The first-order valence-corrected chi connectivity index (χ1v) is 11.7. The van der Waals surface area contributed by atoms with Crippen LogP contribution in [0.3, 0.4) is 0 Å².